The molecule has 3 heterocycles. The Balaban J connectivity index is 1.32. The number of anilines is 1. The molecule has 1 saturated carbocycles. The van der Waals surface area contributed by atoms with Crippen LogP contribution in [0, 0.1) is 5.92 Å². The first-order valence-electron chi connectivity index (χ1n) is 12.1. The molecule has 2 atom stereocenters. The molecule has 1 fully saturated rings. The lowest BCUT2D eigenvalue weighted by Crippen LogP contribution is -2.27. The third kappa shape index (κ3) is 4.06. The summed E-state index contributed by atoms with van der Waals surface area (Å²) in [7, 11) is 0. The van der Waals surface area contributed by atoms with E-state index in [1.165, 1.54) is 24.8 Å². The SMILES string of the molecule is CC(Cc1ccc2c(c1)OCO2)C(Nc1ccc2nc[nH]c2c1)c1nnnn1C1CCCCC1. The summed E-state index contributed by atoms with van der Waals surface area (Å²) in [5, 5.41) is 16.8. The highest BCUT2D eigenvalue weighted by Crippen LogP contribution is 2.36. The van der Waals surface area contributed by atoms with Crippen molar-refractivity contribution in [1.82, 2.24) is 30.2 Å². The van der Waals surface area contributed by atoms with E-state index in [1.807, 2.05) is 12.1 Å². The van der Waals surface area contributed by atoms with E-state index < -0.39 is 0 Å². The molecule has 34 heavy (non-hydrogen) atoms. The number of benzene rings is 2. The quantitative estimate of drug-likeness (QED) is 0.409. The largest absolute Gasteiger partial charge is 0.454 e. The van der Waals surface area contributed by atoms with Gasteiger partial charge in [0.1, 0.15) is 0 Å². The molecule has 0 saturated heterocycles. The van der Waals surface area contributed by atoms with Crippen LogP contribution in [0.1, 0.15) is 62.5 Å². The molecule has 2 N–H and O–H groups in total. The number of imidazole rings is 1. The van der Waals surface area contributed by atoms with Crippen molar-refractivity contribution in [3.8, 4) is 11.5 Å². The van der Waals surface area contributed by atoms with Gasteiger partial charge in [0.25, 0.3) is 0 Å². The molecule has 4 aromatic rings. The number of nitrogens with one attached hydrogen (secondary N) is 2. The summed E-state index contributed by atoms with van der Waals surface area (Å²) < 4.78 is 13.2. The van der Waals surface area contributed by atoms with Crippen LogP contribution in [0.25, 0.3) is 11.0 Å². The maximum absolute atomic E-state index is 5.60. The fourth-order valence-electron chi connectivity index (χ4n) is 5.21. The number of nitrogens with zero attached hydrogens (tertiary/aromatic N) is 5. The van der Waals surface area contributed by atoms with Crippen LogP contribution < -0.4 is 14.8 Å². The first-order valence-corrected chi connectivity index (χ1v) is 12.1. The molecule has 0 spiro atoms. The van der Waals surface area contributed by atoms with Gasteiger partial charge in [-0.15, -0.1) is 5.10 Å². The van der Waals surface area contributed by atoms with Crippen molar-refractivity contribution < 1.29 is 9.47 Å². The van der Waals surface area contributed by atoms with Crippen molar-refractivity contribution in [3.05, 3.63) is 54.1 Å². The minimum Gasteiger partial charge on any atom is -0.454 e. The van der Waals surface area contributed by atoms with Crippen LogP contribution in [0.2, 0.25) is 0 Å². The lowest BCUT2D eigenvalue weighted by Gasteiger charge is -2.29. The van der Waals surface area contributed by atoms with E-state index in [-0.39, 0.29) is 18.8 Å². The molecule has 1 aliphatic heterocycles. The van der Waals surface area contributed by atoms with Crippen LogP contribution in [-0.4, -0.2) is 37.0 Å². The maximum Gasteiger partial charge on any atom is 0.231 e. The predicted molar refractivity (Wildman–Crippen MR) is 128 cm³/mol. The van der Waals surface area contributed by atoms with Gasteiger partial charge in [0.2, 0.25) is 6.79 Å². The maximum atomic E-state index is 5.60. The normalized spacial score (nSPS) is 17.7. The summed E-state index contributed by atoms with van der Waals surface area (Å²) in [6.45, 7) is 2.53. The smallest absolute Gasteiger partial charge is 0.231 e. The highest BCUT2D eigenvalue weighted by Gasteiger charge is 2.29. The van der Waals surface area contributed by atoms with Gasteiger partial charge in [0.05, 0.1) is 29.4 Å². The fourth-order valence-corrected chi connectivity index (χ4v) is 5.21. The summed E-state index contributed by atoms with van der Waals surface area (Å²) in [4.78, 5) is 7.54. The van der Waals surface area contributed by atoms with Gasteiger partial charge >= 0.3 is 0 Å². The van der Waals surface area contributed by atoms with Crippen LogP contribution >= 0.6 is 0 Å². The molecule has 1 aliphatic carbocycles. The van der Waals surface area contributed by atoms with Gasteiger partial charge in [-0.05, 0) is 71.5 Å². The van der Waals surface area contributed by atoms with Gasteiger partial charge in [-0.25, -0.2) is 9.67 Å². The average molecular weight is 460 g/mol. The molecule has 176 valence electrons. The van der Waals surface area contributed by atoms with E-state index in [2.05, 4.69) is 66.7 Å². The van der Waals surface area contributed by atoms with Gasteiger partial charge in [0.15, 0.2) is 17.3 Å². The molecule has 9 heteroatoms. The zero-order valence-corrected chi connectivity index (χ0v) is 19.3. The van der Waals surface area contributed by atoms with Gasteiger partial charge in [0, 0.05) is 5.69 Å². The monoisotopic (exact) mass is 459 g/mol. The topological polar surface area (TPSA) is 103 Å². The summed E-state index contributed by atoms with van der Waals surface area (Å²) in [6, 6.07) is 12.7. The van der Waals surface area contributed by atoms with Crippen molar-refractivity contribution in [2.45, 2.75) is 57.5 Å². The van der Waals surface area contributed by atoms with Gasteiger partial charge < -0.3 is 19.8 Å². The number of tetrazole rings is 1. The highest BCUT2D eigenvalue weighted by molar-refractivity contribution is 5.78. The highest BCUT2D eigenvalue weighted by atomic mass is 16.7. The van der Waals surface area contributed by atoms with Gasteiger partial charge in [-0.2, -0.15) is 0 Å². The summed E-state index contributed by atoms with van der Waals surface area (Å²) in [5.74, 6) is 2.72. The van der Waals surface area contributed by atoms with Crippen LogP contribution in [-0.2, 0) is 6.42 Å². The zero-order valence-electron chi connectivity index (χ0n) is 19.3. The summed E-state index contributed by atoms with van der Waals surface area (Å²) in [6.07, 6.45) is 8.57. The zero-order chi connectivity index (χ0) is 22.9. The lowest BCUT2D eigenvalue weighted by molar-refractivity contribution is 0.174. The molecule has 2 aromatic carbocycles. The number of hydrogen-bond donors (Lipinski definition) is 2. The summed E-state index contributed by atoms with van der Waals surface area (Å²) in [5.41, 5.74) is 4.16. The lowest BCUT2D eigenvalue weighted by atomic mass is 9.91. The summed E-state index contributed by atoms with van der Waals surface area (Å²) >= 11 is 0. The number of aromatic nitrogens is 6. The Morgan fingerprint density at radius 3 is 2.88 bits per heavy atom. The Bertz CT molecular complexity index is 1280. The van der Waals surface area contributed by atoms with Crippen molar-refractivity contribution in [1.29, 1.82) is 0 Å². The Morgan fingerprint density at radius 2 is 1.97 bits per heavy atom. The molecule has 6 rings (SSSR count). The van der Waals surface area contributed by atoms with E-state index in [0.717, 1.165) is 53.3 Å². The molecular formula is C25H29N7O2. The first kappa shape index (κ1) is 20.9. The number of aromatic amines is 1. The third-order valence-electron chi connectivity index (χ3n) is 7.02. The number of hydrogen-bond acceptors (Lipinski definition) is 7. The third-order valence-corrected chi connectivity index (χ3v) is 7.02. The fraction of sp³-hybridized carbons (Fsp3) is 0.440. The first-order chi connectivity index (χ1) is 16.7. The van der Waals surface area contributed by atoms with E-state index in [0.29, 0.717) is 6.04 Å². The molecule has 2 aromatic heterocycles. The van der Waals surface area contributed by atoms with E-state index in [9.17, 15) is 0 Å². The minimum absolute atomic E-state index is 0.0669. The van der Waals surface area contributed by atoms with Crippen molar-refractivity contribution in [3.63, 3.8) is 0 Å². The number of H-pyrrole nitrogens is 1. The van der Waals surface area contributed by atoms with Crippen LogP contribution in [0.15, 0.2) is 42.7 Å². The number of rotatable bonds is 7. The Hall–Kier alpha value is -3.62. The van der Waals surface area contributed by atoms with E-state index in [1.54, 1.807) is 6.33 Å². The van der Waals surface area contributed by atoms with Crippen molar-refractivity contribution in [2.75, 3.05) is 12.1 Å². The second kappa shape index (κ2) is 8.96. The standard InChI is InChI=1S/C25H29N7O2/c1-16(11-17-7-10-22-23(12-17)34-15-33-22)24(28-18-8-9-20-21(13-18)27-14-26-20)25-29-30-31-32(25)19-5-3-2-4-6-19/h7-10,12-14,16,19,24,28H,2-6,11,15H2,1H3,(H,26,27). The van der Waals surface area contributed by atoms with Crippen LogP contribution in [0.3, 0.4) is 0 Å². The molecule has 2 unspecified atom stereocenters. The molecule has 9 nitrogen and oxygen atoms in total. The Labute approximate surface area is 197 Å². The molecular weight excluding hydrogens is 430 g/mol. The Morgan fingerprint density at radius 1 is 1.09 bits per heavy atom. The van der Waals surface area contributed by atoms with Gasteiger partial charge in [-0.1, -0.05) is 32.3 Å². The second-order valence-corrected chi connectivity index (χ2v) is 9.40. The predicted octanol–water partition coefficient (Wildman–Crippen LogP) is 4.82. The molecule has 0 radical (unpaired) electrons. The molecule has 0 bridgehead atoms. The van der Waals surface area contributed by atoms with Gasteiger partial charge in [-0.3, -0.25) is 0 Å². The van der Waals surface area contributed by atoms with Crippen LogP contribution in [0.4, 0.5) is 5.69 Å². The number of ether oxygens (including phenoxy) is 2. The molecule has 2 aliphatic rings. The minimum atomic E-state index is -0.0669. The van der Waals surface area contributed by atoms with Crippen molar-refractivity contribution >= 4 is 16.7 Å². The van der Waals surface area contributed by atoms with Crippen molar-refractivity contribution in [2.24, 2.45) is 5.92 Å². The Kier molecular flexibility index (Phi) is 5.52. The van der Waals surface area contributed by atoms with E-state index in [4.69, 9.17) is 9.47 Å². The van der Waals surface area contributed by atoms with Crippen LogP contribution in [0.5, 0.6) is 11.5 Å². The molecule has 0 amide bonds. The average Bonchev–Trinajstić information content (AvgIpc) is 3.63. The second-order valence-electron chi connectivity index (χ2n) is 9.40. The number of fused-ring (bicyclic) bond motifs is 2. The van der Waals surface area contributed by atoms with E-state index >= 15 is 0 Å².